The van der Waals surface area contributed by atoms with E-state index in [1.807, 2.05) is 0 Å². The first kappa shape index (κ1) is 12.7. The minimum Gasteiger partial charge on any atom is -0.316 e. The van der Waals surface area contributed by atoms with Crippen LogP contribution in [0, 0.1) is 5.92 Å². The van der Waals surface area contributed by atoms with Crippen molar-refractivity contribution in [2.45, 2.75) is 31.5 Å². The highest BCUT2D eigenvalue weighted by Gasteiger charge is 2.33. The highest BCUT2D eigenvalue weighted by Crippen LogP contribution is 2.32. The van der Waals surface area contributed by atoms with Crippen molar-refractivity contribution in [3.05, 3.63) is 33.7 Å². The molecule has 0 aliphatic carbocycles. The number of rotatable bonds is 1. The molecule has 2 aliphatic rings. The lowest BCUT2D eigenvalue weighted by atomic mass is 9.83. The van der Waals surface area contributed by atoms with Gasteiger partial charge in [0.05, 0.1) is 6.42 Å². The molecule has 3 heterocycles. The fourth-order valence-electron chi connectivity index (χ4n) is 3.19. The first-order chi connectivity index (χ1) is 8.92. The number of halogens is 3. The van der Waals surface area contributed by atoms with Gasteiger partial charge in [-0.1, -0.05) is 0 Å². The van der Waals surface area contributed by atoms with Crippen molar-refractivity contribution >= 4 is 0 Å². The van der Waals surface area contributed by atoms with Gasteiger partial charge >= 0.3 is 6.18 Å². The Hall–Kier alpha value is -1.30. The van der Waals surface area contributed by atoms with Gasteiger partial charge in [0.2, 0.25) is 0 Å². The van der Waals surface area contributed by atoms with Crippen LogP contribution >= 0.6 is 0 Å². The molecule has 19 heavy (non-hydrogen) atoms. The molecule has 0 radical (unpaired) electrons. The molecule has 3 nitrogen and oxygen atoms in total. The molecule has 2 atom stereocenters. The van der Waals surface area contributed by atoms with Gasteiger partial charge < -0.3 is 9.88 Å². The normalized spacial score (nSPS) is 26.1. The van der Waals surface area contributed by atoms with E-state index in [2.05, 4.69) is 5.32 Å². The second kappa shape index (κ2) is 4.37. The summed E-state index contributed by atoms with van der Waals surface area (Å²) in [7, 11) is 0. The van der Waals surface area contributed by atoms with Crippen molar-refractivity contribution in [1.29, 1.82) is 0 Å². The molecule has 0 spiro atoms. The van der Waals surface area contributed by atoms with Crippen LogP contribution in [0.3, 0.4) is 0 Å². The zero-order valence-corrected chi connectivity index (χ0v) is 10.3. The lowest BCUT2D eigenvalue weighted by molar-refractivity contribution is -0.127. The molecule has 1 unspecified atom stereocenters. The van der Waals surface area contributed by atoms with E-state index in [9.17, 15) is 18.0 Å². The lowest BCUT2D eigenvalue weighted by Crippen LogP contribution is -2.45. The minimum absolute atomic E-state index is 0.0766. The Bertz CT molecular complexity index is 550. The Kier molecular flexibility index (Phi) is 2.92. The van der Waals surface area contributed by atoms with Gasteiger partial charge in [-0.3, -0.25) is 4.79 Å². The lowest BCUT2D eigenvalue weighted by Gasteiger charge is -2.37. The Balaban J connectivity index is 2.01. The standard InChI is InChI=1S/C13H15F3N2O/c14-13(15,16)4-8-2-11-10-1-9(5-17-6-10)7-18(11)12(19)3-8/h2-3,9-10,17H,1,4-7H2/t9?,10-/m0/s1. The third-order valence-corrected chi connectivity index (χ3v) is 3.93. The highest BCUT2D eigenvalue weighted by atomic mass is 19.4. The predicted octanol–water partition coefficient (Wildman–Crippen LogP) is 1.66. The maximum atomic E-state index is 12.4. The Morgan fingerprint density at radius 1 is 1.32 bits per heavy atom. The number of alkyl halides is 3. The SMILES string of the molecule is O=c1cc(CC(F)(F)F)cc2n1CC1CNC[C@@H]2C1. The summed E-state index contributed by atoms with van der Waals surface area (Å²) in [6, 6.07) is 2.69. The quantitative estimate of drug-likeness (QED) is 0.843. The van der Waals surface area contributed by atoms with Gasteiger partial charge in [-0.05, 0) is 30.5 Å². The van der Waals surface area contributed by atoms with Crippen molar-refractivity contribution in [2.75, 3.05) is 13.1 Å². The van der Waals surface area contributed by atoms with Crippen LogP contribution < -0.4 is 10.9 Å². The van der Waals surface area contributed by atoms with Gasteiger partial charge in [-0.25, -0.2) is 0 Å². The van der Waals surface area contributed by atoms with E-state index in [0.29, 0.717) is 12.5 Å². The summed E-state index contributed by atoms with van der Waals surface area (Å²) in [5.41, 5.74) is 0.538. The Morgan fingerprint density at radius 3 is 2.84 bits per heavy atom. The van der Waals surface area contributed by atoms with Crippen LogP contribution in [-0.4, -0.2) is 23.8 Å². The summed E-state index contributed by atoms with van der Waals surface area (Å²) < 4.78 is 39.0. The van der Waals surface area contributed by atoms with E-state index in [-0.39, 0.29) is 17.0 Å². The largest absolute Gasteiger partial charge is 0.393 e. The third kappa shape index (κ3) is 2.54. The van der Waals surface area contributed by atoms with Crippen LogP contribution in [0.5, 0.6) is 0 Å². The summed E-state index contributed by atoms with van der Waals surface area (Å²) in [6.45, 7) is 2.24. The number of nitrogens with one attached hydrogen (secondary N) is 1. The average molecular weight is 272 g/mol. The molecule has 104 valence electrons. The van der Waals surface area contributed by atoms with Gasteiger partial charge in [0, 0.05) is 30.8 Å². The fourth-order valence-corrected chi connectivity index (χ4v) is 3.19. The summed E-state index contributed by atoms with van der Waals surface area (Å²) in [6.07, 6.45) is -4.34. The molecule has 1 fully saturated rings. The zero-order chi connectivity index (χ0) is 13.6. The van der Waals surface area contributed by atoms with E-state index < -0.39 is 12.6 Å². The molecule has 2 bridgehead atoms. The number of piperidine rings is 1. The summed E-state index contributed by atoms with van der Waals surface area (Å²) >= 11 is 0. The molecule has 1 N–H and O–H groups in total. The maximum Gasteiger partial charge on any atom is 0.393 e. The summed E-state index contributed by atoms with van der Waals surface area (Å²) in [5, 5.41) is 3.28. The van der Waals surface area contributed by atoms with Crippen molar-refractivity contribution in [3.8, 4) is 0 Å². The monoisotopic (exact) mass is 272 g/mol. The number of fused-ring (bicyclic) bond motifs is 4. The molecule has 0 saturated carbocycles. The molecule has 3 rings (SSSR count). The van der Waals surface area contributed by atoms with Crippen LogP contribution in [0.15, 0.2) is 16.9 Å². The van der Waals surface area contributed by atoms with Crippen LogP contribution in [0.4, 0.5) is 13.2 Å². The van der Waals surface area contributed by atoms with Crippen LogP contribution in [-0.2, 0) is 13.0 Å². The van der Waals surface area contributed by atoms with Crippen LogP contribution in [0.25, 0.3) is 0 Å². The second-order valence-corrected chi connectivity index (χ2v) is 5.49. The summed E-state index contributed by atoms with van der Waals surface area (Å²) in [5.74, 6) is 0.575. The van der Waals surface area contributed by atoms with Crippen molar-refractivity contribution in [3.63, 3.8) is 0 Å². The number of aromatic nitrogens is 1. The molecule has 0 aromatic carbocycles. The van der Waals surface area contributed by atoms with Gasteiger partial charge in [0.15, 0.2) is 0 Å². The molecule has 1 aromatic heterocycles. The van der Waals surface area contributed by atoms with Gasteiger partial charge in [0.25, 0.3) is 5.56 Å². The first-order valence-electron chi connectivity index (χ1n) is 6.43. The molecule has 2 aliphatic heterocycles. The van der Waals surface area contributed by atoms with E-state index >= 15 is 0 Å². The number of pyridine rings is 1. The number of hydrogen-bond acceptors (Lipinski definition) is 2. The topological polar surface area (TPSA) is 34.0 Å². The molecular weight excluding hydrogens is 257 g/mol. The van der Waals surface area contributed by atoms with Gasteiger partial charge in [0.1, 0.15) is 0 Å². The van der Waals surface area contributed by atoms with E-state index in [1.165, 1.54) is 0 Å². The average Bonchev–Trinajstić information content (AvgIpc) is 2.29. The van der Waals surface area contributed by atoms with Gasteiger partial charge in [-0.15, -0.1) is 0 Å². The fraction of sp³-hybridized carbons (Fsp3) is 0.615. The van der Waals surface area contributed by atoms with E-state index in [4.69, 9.17) is 0 Å². The summed E-state index contributed by atoms with van der Waals surface area (Å²) in [4.78, 5) is 12.0. The highest BCUT2D eigenvalue weighted by molar-refractivity contribution is 5.24. The Morgan fingerprint density at radius 2 is 2.11 bits per heavy atom. The third-order valence-electron chi connectivity index (χ3n) is 3.93. The zero-order valence-electron chi connectivity index (χ0n) is 10.3. The Labute approximate surface area is 108 Å². The molecule has 6 heteroatoms. The second-order valence-electron chi connectivity index (χ2n) is 5.49. The van der Waals surface area contributed by atoms with E-state index in [1.54, 1.807) is 10.6 Å². The van der Waals surface area contributed by atoms with Crippen molar-refractivity contribution in [2.24, 2.45) is 5.92 Å². The van der Waals surface area contributed by atoms with Crippen molar-refractivity contribution in [1.82, 2.24) is 9.88 Å². The molecule has 1 saturated heterocycles. The number of hydrogen-bond donors (Lipinski definition) is 1. The molecule has 0 amide bonds. The predicted molar refractivity (Wildman–Crippen MR) is 64.2 cm³/mol. The molecule has 1 aromatic rings. The smallest absolute Gasteiger partial charge is 0.316 e. The van der Waals surface area contributed by atoms with Crippen LogP contribution in [0.2, 0.25) is 0 Å². The first-order valence-corrected chi connectivity index (χ1v) is 6.43. The minimum atomic E-state index is -4.27. The molecular formula is C13H15F3N2O. The van der Waals surface area contributed by atoms with Crippen molar-refractivity contribution < 1.29 is 13.2 Å². The number of nitrogens with zero attached hydrogens (tertiary/aromatic N) is 1. The van der Waals surface area contributed by atoms with E-state index in [0.717, 1.165) is 31.3 Å². The van der Waals surface area contributed by atoms with Gasteiger partial charge in [-0.2, -0.15) is 13.2 Å². The van der Waals surface area contributed by atoms with Crippen LogP contribution in [0.1, 0.15) is 23.6 Å². The maximum absolute atomic E-state index is 12.4.